The summed E-state index contributed by atoms with van der Waals surface area (Å²) in [4.78, 5) is 0.301. The maximum atomic E-state index is 11.6. The van der Waals surface area contributed by atoms with E-state index in [4.69, 9.17) is 5.11 Å². The zero-order valence-corrected chi connectivity index (χ0v) is 8.34. The van der Waals surface area contributed by atoms with Crippen LogP contribution in [0.2, 0.25) is 0 Å². The maximum absolute atomic E-state index is 11.6. The molecule has 76 valence electrons. The molecule has 0 fully saturated rings. The standard InChI is InChI=1S/C9H11NO3S/c11-6-7-1-2-8-9(5-7)14(12,13)4-3-10-8/h1-2,5,10-11H,3-4,6H2. The molecule has 0 radical (unpaired) electrons. The Balaban J connectivity index is 2.61. The van der Waals surface area contributed by atoms with Gasteiger partial charge >= 0.3 is 0 Å². The first kappa shape index (κ1) is 9.48. The van der Waals surface area contributed by atoms with Gasteiger partial charge in [-0.1, -0.05) is 6.07 Å². The van der Waals surface area contributed by atoms with Gasteiger partial charge in [0.05, 0.1) is 22.9 Å². The van der Waals surface area contributed by atoms with E-state index >= 15 is 0 Å². The van der Waals surface area contributed by atoms with Crippen molar-refractivity contribution in [3.63, 3.8) is 0 Å². The minimum Gasteiger partial charge on any atom is -0.392 e. The Morgan fingerprint density at radius 1 is 1.43 bits per heavy atom. The van der Waals surface area contributed by atoms with E-state index in [9.17, 15) is 8.42 Å². The lowest BCUT2D eigenvalue weighted by atomic mass is 10.2. The zero-order valence-electron chi connectivity index (χ0n) is 7.53. The third kappa shape index (κ3) is 1.49. The third-order valence-electron chi connectivity index (χ3n) is 2.25. The Morgan fingerprint density at radius 2 is 2.21 bits per heavy atom. The van der Waals surface area contributed by atoms with Crippen LogP contribution >= 0.6 is 0 Å². The van der Waals surface area contributed by atoms with Crippen molar-refractivity contribution in [2.45, 2.75) is 11.5 Å². The number of hydrogen-bond donors (Lipinski definition) is 2. The van der Waals surface area contributed by atoms with Gasteiger partial charge < -0.3 is 10.4 Å². The molecule has 0 atom stereocenters. The molecule has 4 nitrogen and oxygen atoms in total. The number of benzene rings is 1. The third-order valence-corrected chi connectivity index (χ3v) is 4.00. The number of aliphatic hydroxyl groups is 1. The van der Waals surface area contributed by atoms with E-state index in [2.05, 4.69) is 5.32 Å². The minimum absolute atomic E-state index is 0.120. The van der Waals surface area contributed by atoms with Crippen LogP contribution in [0.15, 0.2) is 23.1 Å². The van der Waals surface area contributed by atoms with Gasteiger partial charge in [-0.25, -0.2) is 8.42 Å². The van der Waals surface area contributed by atoms with Gasteiger partial charge in [0.2, 0.25) is 0 Å². The summed E-state index contributed by atoms with van der Waals surface area (Å²) in [5, 5.41) is 11.9. The van der Waals surface area contributed by atoms with Crippen molar-refractivity contribution in [3.05, 3.63) is 23.8 Å². The average Bonchev–Trinajstić information content (AvgIpc) is 2.17. The van der Waals surface area contributed by atoms with Crippen molar-refractivity contribution in [2.24, 2.45) is 0 Å². The highest BCUT2D eigenvalue weighted by Crippen LogP contribution is 2.26. The van der Waals surface area contributed by atoms with Crippen LogP contribution in [0.3, 0.4) is 0 Å². The second-order valence-electron chi connectivity index (χ2n) is 3.23. The summed E-state index contributed by atoms with van der Waals surface area (Å²) in [6.07, 6.45) is 0. The van der Waals surface area contributed by atoms with Gasteiger partial charge in [-0.3, -0.25) is 0 Å². The molecule has 0 aliphatic carbocycles. The zero-order chi connectivity index (χ0) is 10.2. The minimum atomic E-state index is -3.15. The molecule has 5 heteroatoms. The smallest absolute Gasteiger partial charge is 0.182 e. The van der Waals surface area contributed by atoms with E-state index in [-0.39, 0.29) is 12.4 Å². The molecule has 0 saturated heterocycles. The highest BCUT2D eigenvalue weighted by atomic mass is 32.2. The van der Waals surface area contributed by atoms with E-state index in [1.54, 1.807) is 12.1 Å². The lowest BCUT2D eigenvalue weighted by Gasteiger charge is -2.18. The molecule has 0 unspecified atom stereocenters. The van der Waals surface area contributed by atoms with Crippen LogP contribution in [-0.2, 0) is 16.4 Å². The van der Waals surface area contributed by atoms with Crippen molar-refractivity contribution in [3.8, 4) is 0 Å². The Kier molecular flexibility index (Phi) is 2.20. The quantitative estimate of drug-likeness (QED) is 0.707. The van der Waals surface area contributed by atoms with Gasteiger partial charge in [0.15, 0.2) is 9.84 Å². The van der Waals surface area contributed by atoms with Gasteiger partial charge in [-0.15, -0.1) is 0 Å². The second-order valence-corrected chi connectivity index (χ2v) is 5.31. The Bertz CT molecular complexity index is 453. The molecule has 1 aromatic carbocycles. The molecule has 14 heavy (non-hydrogen) atoms. The first-order valence-electron chi connectivity index (χ1n) is 4.34. The summed E-state index contributed by atoms with van der Waals surface area (Å²) in [5.41, 5.74) is 1.25. The SMILES string of the molecule is O=S1(=O)CCNc2ccc(CO)cc21. The monoisotopic (exact) mass is 213 g/mol. The fraction of sp³-hybridized carbons (Fsp3) is 0.333. The van der Waals surface area contributed by atoms with E-state index in [1.807, 2.05) is 0 Å². The number of nitrogens with one attached hydrogen (secondary N) is 1. The molecule has 1 heterocycles. The van der Waals surface area contributed by atoms with Crippen LogP contribution in [0, 0.1) is 0 Å². The molecule has 0 saturated carbocycles. The molecule has 2 N–H and O–H groups in total. The Labute approximate surface area is 82.5 Å². The molecule has 1 aromatic rings. The largest absolute Gasteiger partial charge is 0.392 e. The fourth-order valence-corrected chi connectivity index (χ4v) is 2.90. The topological polar surface area (TPSA) is 66.4 Å². The molecule has 0 spiro atoms. The highest BCUT2D eigenvalue weighted by Gasteiger charge is 2.23. The lowest BCUT2D eigenvalue weighted by Crippen LogP contribution is -2.23. The van der Waals surface area contributed by atoms with Gasteiger partial charge in [0.1, 0.15) is 0 Å². The molecule has 1 aliphatic heterocycles. The highest BCUT2D eigenvalue weighted by molar-refractivity contribution is 7.91. The fourth-order valence-electron chi connectivity index (χ4n) is 1.50. The van der Waals surface area contributed by atoms with Gasteiger partial charge in [0.25, 0.3) is 0 Å². The van der Waals surface area contributed by atoms with Crippen molar-refractivity contribution in [1.29, 1.82) is 0 Å². The van der Waals surface area contributed by atoms with Crippen LogP contribution in [0.4, 0.5) is 5.69 Å². The van der Waals surface area contributed by atoms with Crippen LogP contribution in [0.1, 0.15) is 5.56 Å². The predicted octanol–water partition coefficient (Wildman–Crippen LogP) is 0.378. The molecule has 0 bridgehead atoms. The molecule has 2 rings (SSSR count). The molecular weight excluding hydrogens is 202 g/mol. The first-order chi connectivity index (χ1) is 6.63. The number of fused-ring (bicyclic) bond motifs is 1. The summed E-state index contributed by atoms with van der Waals surface area (Å²) in [7, 11) is -3.15. The van der Waals surface area contributed by atoms with Crippen LogP contribution in [-0.4, -0.2) is 25.8 Å². The van der Waals surface area contributed by atoms with Crippen molar-refractivity contribution >= 4 is 15.5 Å². The van der Waals surface area contributed by atoms with Crippen LogP contribution in [0.5, 0.6) is 0 Å². The molecule has 1 aliphatic rings. The summed E-state index contributed by atoms with van der Waals surface area (Å²) in [5.74, 6) is 0.120. The second kappa shape index (κ2) is 3.25. The summed E-state index contributed by atoms with van der Waals surface area (Å²) in [6.45, 7) is 0.316. The van der Waals surface area contributed by atoms with E-state index in [0.717, 1.165) is 0 Å². The van der Waals surface area contributed by atoms with Crippen LogP contribution in [0.25, 0.3) is 0 Å². The number of sulfone groups is 1. The van der Waals surface area contributed by atoms with E-state index in [0.29, 0.717) is 22.7 Å². The molecule has 0 amide bonds. The Morgan fingerprint density at radius 3 is 2.93 bits per heavy atom. The van der Waals surface area contributed by atoms with Gasteiger partial charge in [-0.05, 0) is 17.7 Å². The normalized spacial score (nSPS) is 18.4. The van der Waals surface area contributed by atoms with Crippen molar-refractivity contribution in [2.75, 3.05) is 17.6 Å². The van der Waals surface area contributed by atoms with Gasteiger partial charge in [0, 0.05) is 6.54 Å². The maximum Gasteiger partial charge on any atom is 0.182 e. The predicted molar refractivity (Wildman–Crippen MR) is 52.9 cm³/mol. The Hall–Kier alpha value is -1.07. The van der Waals surface area contributed by atoms with Crippen LogP contribution < -0.4 is 5.32 Å². The molecular formula is C9H11NO3S. The number of aliphatic hydroxyl groups excluding tert-OH is 1. The summed E-state index contributed by atoms with van der Waals surface area (Å²) in [6, 6.07) is 4.93. The average molecular weight is 213 g/mol. The van der Waals surface area contributed by atoms with E-state index < -0.39 is 9.84 Å². The number of hydrogen-bond acceptors (Lipinski definition) is 4. The summed E-state index contributed by atoms with van der Waals surface area (Å²) >= 11 is 0. The first-order valence-corrected chi connectivity index (χ1v) is 5.99. The number of rotatable bonds is 1. The summed E-state index contributed by atoms with van der Waals surface area (Å²) < 4.78 is 23.2. The lowest BCUT2D eigenvalue weighted by molar-refractivity contribution is 0.281. The van der Waals surface area contributed by atoms with E-state index in [1.165, 1.54) is 6.07 Å². The van der Waals surface area contributed by atoms with Crippen molar-refractivity contribution in [1.82, 2.24) is 0 Å². The van der Waals surface area contributed by atoms with Crippen molar-refractivity contribution < 1.29 is 13.5 Å². The molecule has 0 aromatic heterocycles. The van der Waals surface area contributed by atoms with Gasteiger partial charge in [-0.2, -0.15) is 0 Å². The number of anilines is 1.